The average Bonchev–Trinajstić information content (AvgIpc) is 2.34. The Morgan fingerprint density at radius 3 is 2.75 bits per heavy atom. The monoisotopic (exact) mass is 175 g/mol. The van der Waals surface area contributed by atoms with Gasteiger partial charge in [0.1, 0.15) is 6.54 Å². The molecule has 0 spiro atoms. The van der Waals surface area contributed by atoms with Crippen LogP contribution >= 0.6 is 0 Å². The maximum atomic E-state index is 12.0. The zero-order chi connectivity index (χ0) is 9.19. The minimum atomic E-state index is -4.49. The summed E-state index contributed by atoms with van der Waals surface area (Å²) in [5, 5.41) is 8.16. The molecule has 12 heavy (non-hydrogen) atoms. The van der Waals surface area contributed by atoms with Crippen molar-refractivity contribution in [2.45, 2.75) is 12.7 Å². The Morgan fingerprint density at radius 1 is 1.58 bits per heavy atom. The zero-order valence-electron chi connectivity index (χ0n) is 5.84. The van der Waals surface area contributed by atoms with E-state index in [0.717, 1.165) is 17.0 Å². The normalized spacial score (nSPS) is 11.2. The van der Waals surface area contributed by atoms with Crippen molar-refractivity contribution >= 4 is 0 Å². The van der Waals surface area contributed by atoms with Gasteiger partial charge in [-0.15, -0.1) is 0 Å². The highest BCUT2D eigenvalue weighted by Gasteiger charge is 2.35. The standard InChI is InChI=1S/C6H4F3N3/c7-6(8,9)5-11-2-4-12(5)3-1-10/h2,4H,3H2. The molecular weight excluding hydrogens is 171 g/mol. The lowest BCUT2D eigenvalue weighted by atomic mass is 10.5. The van der Waals surface area contributed by atoms with E-state index in [-0.39, 0.29) is 6.54 Å². The van der Waals surface area contributed by atoms with Crippen molar-refractivity contribution in [1.29, 1.82) is 5.26 Å². The third-order valence-electron chi connectivity index (χ3n) is 1.21. The first-order valence-corrected chi connectivity index (χ1v) is 3.01. The van der Waals surface area contributed by atoms with Crippen LogP contribution in [0.2, 0.25) is 0 Å². The minimum Gasteiger partial charge on any atom is -0.314 e. The number of halogens is 3. The number of alkyl halides is 3. The lowest BCUT2D eigenvalue weighted by molar-refractivity contribution is -0.146. The number of aromatic nitrogens is 2. The van der Waals surface area contributed by atoms with Crippen molar-refractivity contribution in [2.24, 2.45) is 0 Å². The van der Waals surface area contributed by atoms with Crippen LogP contribution in [0, 0.1) is 11.3 Å². The van der Waals surface area contributed by atoms with Crippen LogP contribution in [0.5, 0.6) is 0 Å². The molecule has 0 N–H and O–H groups in total. The number of hydrogen-bond donors (Lipinski definition) is 0. The summed E-state index contributed by atoms with van der Waals surface area (Å²) in [6, 6.07) is 1.61. The van der Waals surface area contributed by atoms with Crippen LogP contribution in [0.3, 0.4) is 0 Å². The maximum Gasteiger partial charge on any atom is 0.449 e. The highest BCUT2D eigenvalue weighted by Crippen LogP contribution is 2.27. The van der Waals surface area contributed by atoms with Crippen molar-refractivity contribution in [3.05, 3.63) is 18.2 Å². The molecule has 0 fully saturated rings. The predicted molar refractivity (Wildman–Crippen MR) is 32.8 cm³/mol. The summed E-state index contributed by atoms with van der Waals surface area (Å²) < 4.78 is 36.8. The van der Waals surface area contributed by atoms with E-state index in [1.807, 2.05) is 0 Å². The van der Waals surface area contributed by atoms with Gasteiger partial charge in [0.05, 0.1) is 6.07 Å². The van der Waals surface area contributed by atoms with E-state index in [1.54, 1.807) is 6.07 Å². The van der Waals surface area contributed by atoms with E-state index >= 15 is 0 Å². The van der Waals surface area contributed by atoms with Crippen LogP contribution in [0.1, 0.15) is 5.82 Å². The fourth-order valence-electron chi connectivity index (χ4n) is 0.769. The molecule has 1 heterocycles. The largest absolute Gasteiger partial charge is 0.449 e. The number of hydrogen-bond acceptors (Lipinski definition) is 2. The highest BCUT2D eigenvalue weighted by atomic mass is 19.4. The summed E-state index contributed by atoms with van der Waals surface area (Å²) >= 11 is 0. The lowest BCUT2D eigenvalue weighted by Gasteiger charge is -2.05. The molecule has 1 aromatic rings. The first kappa shape index (κ1) is 8.59. The van der Waals surface area contributed by atoms with Gasteiger partial charge in [0, 0.05) is 12.4 Å². The Kier molecular flexibility index (Phi) is 2.04. The quantitative estimate of drug-likeness (QED) is 0.647. The summed E-state index contributed by atoms with van der Waals surface area (Å²) in [6.07, 6.45) is -2.35. The van der Waals surface area contributed by atoms with Gasteiger partial charge in [-0.25, -0.2) is 4.98 Å². The van der Waals surface area contributed by atoms with E-state index in [9.17, 15) is 13.2 Å². The second kappa shape index (κ2) is 2.85. The molecule has 1 aromatic heterocycles. The number of nitriles is 1. The first-order chi connectivity index (χ1) is 5.55. The Balaban J connectivity index is 3.01. The Hall–Kier alpha value is -1.51. The summed E-state index contributed by atoms with van der Waals surface area (Å²) in [6.45, 7) is -0.338. The van der Waals surface area contributed by atoms with Crippen LogP contribution in [0.15, 0.2) is 12.4 Å². The molecule has 6 heteroatoms. The Labute approximate surface area is 66.1 Å². The maximum absolute atomic E-state index is 12.0. The zero-order valence-corrected chi connectivity index (χ0v) is 5.84. The SMILES string of the molecule is N#CCn1ccnc1C(F)(F)F. The van der Waals surface area contributed by atoms with Gasteiger partial charge in [-0.3, -0.25) is 0 Å². The minimum absolute atomic E-state index is 0.338. The second-order valence-corrected chi connectivity index (χ2v) is 2.03. The van der Waals surface area contributed by atoms with Crippen LogP contribution in [-0.4, -0.2) is 9.55 Å². The van der Waals surface area contributed by atoms with Gasteiger partial charge >= 0.3 is 6.18 Å². The van der Waals surface area contributed by atoms with Gasteiger partial charge in [-0.2, -0.15) is 18.4 Å². The summed E-state index contributed by atoms with van der Waals surface area (Å²) in [5.74, 6) is -1.04. The van der Waals surface area contributed by atoms with E-state index in [0.29, 0.717) is 0 Å². The molecule has 3 nitrogen and oxygen atoms in total. The molecule has 0 aliphatic heterocycles. The molecule has 0 aliphatic rings. The van der Waals surface area contributed by atoms with Gasteiger partial charge in [-0.1, -0.05) is 0 Å². The molecule has 0 radical (unpaired) electrons. The topological polar surface area (TPSA) is 41.6 Å². The van der Waals surface area contributed by atoms with Crippen LogP contribution < -0.4 is 0 Å². The van der Waals surface area contributed by atoms with Gasteiger partial charge in [-0.05, 0) is 0 Å². The number of rotatable bonds is 1. The van der Waals surface area contributed by atoms with Crippen LogP contribution in [0.4, 0.5) is 13.2 Å². The molecule has 0 saturated carbocycles. The van der Waals surface area contributed by atoms with Crippen molar-refractivity contribution in [3.63, 3.8) is 0 Å². The van der Waals surface area contributed by atoms with Gasteiger partial charge in [0.2, 0.25) is 5.82 Å². The van der Waals surface area contributed by atoms with E-state index in [2.05, 4.69) is 4.98 Å². The van der Waals surface area contributed by atoms with E-state index in [1.165, 1.54) is 0 Å². The Bertz CT molecular complexity index is 307. The van der Waals surface area contributed by atoms with E-state index in [4.69, 9.17) is 5.26 Å². The molecule has 0 saturated heterocycles. The van der Waals surface area contributed by atoms with Crippen LogP contribution in [-0.2, 0) is 12.7 Å². The van der Waals surface area contributed by atoms with Crippen molar-refractivity contribution < 1.29 is 13.2 Å². The third-order valence-corrected chi connectivity index (χ3v) is 1.21. The van der Waals surface area contributed by atoms with Gasteiger partial charge in [0.15, 0.2) is 0 Å². The second-order valence-electron chi connectivity index (χ2n) is 2.03. The molecule has 0 amide bonds. The molecular formula is C6H4F3N3. The summed E-state index contributed by atoms with van der Waals surface area (Å²) in [7, 11) is 0. The molecule has 64 valence electrons. The molecule has 0 aromatic carbocycles. The van der Waals surface area contributed by atoms with Crippen molar-refractivity contribution in [1.82, 2.24) is 9.55 Å². The summed E-state index contributed by atoms with van der Waals surface area (Å²) in [5.41, 5.74) is 0. The molecule has 0 unspecified atom stereocenters. The third kappa shape index (κ3) is 1.56. The summed E-state index contributed by atoms with van der Waals surface area (Å²) in [4.78, 5) is 3.09. The molecule has 0 bridgehead atoms. The number of imidazole rings is 1. The smallest absolute Gasteiger partial charge is 0.314 e. The van der Waals surface area contributed by atoms with Crippen molar-refractivity contribution in [3.8, 4) is 6.07 Å². The van der Waals surface area contributed by atoms with E-state index < -0.39 is 12.0 Å². The number of nitrogens with zero attached hydrogens (tertiary/aromatic N) is 3. The van der Waals surface area contributed by atoms with Gasteiger partial charge < -0.3 is 4.57 Å². The molecule has 0 aliphatic carbocycles. The highest BCUT2D eigenvalue weighted by molar-refractivity contribution is 4.98. The molecule has 0 atom stereocenters. The Morgan fingerprint density at radius 2 is 2.25 bits per heavy atom. The average molecular weight is 175 g/mol. The van der Waals surface area contributed by atoms with Gasteiger partial charge in [0.25, 0.3) is 0 Å². The lowest BCUT2D eigenvalue weighted by Crippen LogP contribution is -2.14. The fraction of sp³-hybridized carbons (Fsp3) is 0.333. The fourth-order valence-corrected chi connectivity index (χ4v) is 0.769. The van der Waals surface area contributed by atoms with Crippen LogP contribution in [0.25, 0.3) is 0 Å². The predicted octanol–water partition coefficient (Wildman–Crippen LogP) is 1.43. The first-order valence-electron chi connectivity index (χ1n) is 3.01. The van der Waals surface area contributed by atoms with Crippen molar-refractivity contribution in [2.75, 3.05) is 0 Å². The molecule has 1 rings (SSSR count).